The van der Waals surface area contributed by atoms with Crippen LogP contribution in [0.3, 0.4) is 0 Å². The molecule has 0 aliphatic rings. The van der Waals surface area contributed by atoms with Gasteiger partial charge in [-0.05, 0) is 54.3 Å². The first-order chi connectivity index (χ1) is 18.6. The number of hydrogen-bond donors (Lipinski definition) is 3. The first kappa shape index (κ1) is 28.0. The molecule has 4 rings (SSSR count). The summed E-state index contributed by atoms with van der Waals surface area (Å²) in [7, 11) is -4.04. The first-order valence-corrected chi connectivity index (χ1v) is 13.8. The van der Waals surface area contributed by atoms with Gasteiger partial charge in [0.05, 0.1) is 23.3 Å². The van der Waals surface area contributed by atoms with Gasteiger partial charge in [-0.15, -0.1) is 0 Å². The van der Waals surface area contributed by atoms with Crippen molar-refractivity contribution < 1.29 is 32.4 Å². The van der Waals surface area contributed by atoms with Gasteiger partial charge in [-0.2, -0.15) is 9.29 Å². The van der Waals surface area contributed by atoms with Crippen LogP contribution in [0.5, 0.6) is 0 Å². The molecular formula is C27H30N4O7S. The minimum atomic E-state index is -4.04. The van der Waals surface area contributed by atoms with Crippen molar-refractivity contribution in [2.75, 3.05) is 13.1 Å². The summed E-state index contributed by atoms with van der Waals surface area (Å²) in [6.45, 7) is 3.56. The third-order valence-corrected chi connectivity index (χ3v) is 7.79. The van der Waals surface area contributed by atoms with Gasteiger partial charge in [0.25, 0.3) is 5.89 Å². The number of carbonyl (C=O) groups is 1. The average Bonchev–Trinajstić information content (AvgIpc) is 3.61. The quantitative estimate of drug-likeness (QED) is 0.236. The SMILES string of the molecule is CC(C)CN(C[C@@H](O)[C@H](Cc1ccccc1)NC(=O)O)S(=O)(=O)c1ccc(-c2noc(-c3ccco3)n2)cc1. The molecule has 39 heavy (non-hydrogen) atoms. The predicted molar refractivity (Wildman–Crippen MR) is 142 cm³/mol. The zero-order valence-electron chi connectivity index (χ0n) is 21.5. The van der Waals surface area contributed by atoms with Crippen LogP contribution in [0.25, 0.3) is 23.0 Å². The van der Waals surface area contributed by atoms with Gasteiger partial charge in [-0.3, -0.25) is 0 Å². The molecule has 0 bridgehead atoms. The van der Waals surface area contributed by atoms with Crippen molar-refractivity contribution in [1.29, 1.82) is 0 Å². The molecule has 0 unspecified atom stereocenters. The summed E-state index contributed by atoms with van der Waals surface area (Å²) in [5, 5.41) is 26.6. The summed E-state index contributed by atoms with van der Waals surface area (Å²) >= 11 is 0. The van der Waals surface area contributed by atoms with E-state index in [0.29, 0.717) is 11.3 Å². The van der Waals surface area contributed by atoms with E-state index in [1.807, 2.05) is 44.2 Å². The van der Waals surface area contributed by atoms with E-state index in [9.17, 15) is 23.4 Å². The number of aliphatic hydroxyl groups excluding tert-OH is 1. The maximum Gasteiger partial charge on any atom is 0.404 e. The van der Waals surface area contributed by atoms with Gasteiger partial charge in [0, 0.05) is 18.7 Å². The van der Waals surface area contributed by atoms with Gasteiger partial charge in [-0.25, -0.2) is 13.2 Å². The summed E-state index contributed by atoms with van der Waals surface area (Å²) in [4.78, 5) is 15.7. The molecule has 2 atom stereocenters. The number of hydrogen-bond acceptors (Lipinski definition) is 8. The molecule has 0 saturated carbocycles. The highest BCUT2D eigenvalue weighted by atomic mass is 32.2. The summed E-state index contributed by atoms with van der Waals surface area (Å²) in [5.41, 5.74) is 1.35. The highest BCUT2D eigenvalue weighted by Gasteiger charge is 2.31. The maximum atomic E-state index is 13.6. The van der Waals surface area contributed by atoms with Crippen molar-refractivity contribution in [3.8, 4) is 23.0 Å². The molecule has 0 fully saturated rings. The van der Waals surface area contributed by atoms with E-state index < -0.39 is 28.3 Å². The molecule has 4 aromatic rings. The van der Waals surface area contributed by atoms with Gasteiger partial charge < -0.3 is 24.5 Å². The lowest BCUT2D eigenvalue weighted by molar-refractivity contribution is 0.0980. The standard InChI is InChI=1S/C27H30N4O7S/c1-18(2)16-31(17-23(32)22(28-27(33)34)15-19-7-4-3-5-8-19)39(35,36)21-12-10-20(11-13-21)25-29-26(38-30-25)24-9-6-14-37-24/h3-14,18,22-23,28,32H,15-17H2,1-2H3,(H,33,34)/t22-,23+/m0/s1. The monoisotopic (exact) mass is 554 g/mol. The molecule has 0 spiro atoms. The van der Waals surface area contributed by atoms with Gasteiger partial charge in [0.15, 0.2) is 5.76 Å². The van der Waals surface area contributed by atoms with Crippen molar-refractivity contribution in [3.63, 3.8) is 0 Å². The van der Waals surface area contributed by atoms with Crippen LogP contribution in [0.2, 0.25) is 0 Å². The smallest absolute Gasteiger partial charge is 0.404 e. The van der Waals surface area contributed by atoms with Gasteiger partial charge in [-0.1, -0.05) is 49.3 Å². The van der Waals surface area contributed by atoms with Crippen molar-refractivity contribution in [3.05, 3.63) is 78.6 Å². The van der Waals surface area contributed by atoms with Crippen LogP contribution in [-0.4, -0.2) is 64.4 Å². The first-order valence-electron chi connectivity index (χ1n) is 12.3. The fourth-order valence-corrected chi connectivity index (χ4v) is 5.71. The number of furan rings is 1. The molecule has 2 aromatic carbocycles. The largest absolute Gasteiger partial charge is 0.465 e. The third kappa shape index (κ3) is 7.11. The summed E-state index contributed by atoms with van der Waals surface area (Å²) in [6, 6.07) is 17.5. The van der Waals surface area contributed by atoms with Gasteiger partial charge >= 0.3 is 6.09 Å². The van der Waals surface area contributed by atoms with E-state index in [0.717, 1.165) is 5.56 Å². The Labute approximate surface area is 226 Å². The van der Waals surface area contributed by atoms with E-state index in [4.69, 9.17) is 8.94 Å². The second-order valence-electron chi connectivity index (χ2n) is 9.45. The number of carboxylic acid groups (broad SMARTS) is 1. The van der Waals surface area contributed by atoms with Crippen molar-refractivity contribution >= 4 is 16.1 Å². The number of aromatic nitrogens is 2. The topological polar surface area (TPSA) is 159 Å². The Morgan fingerprint density at radius 3 is 2.36 bits per heavy atom. The molecular weight excluding hydrogens is 524 g/mol. The molecule has 0 aliphatic heterocycles. The van der Waals surface area contributed by atoms with Crippen LogP contribution < -0.4 is 5.32 Å². The number of sulfonamides is 1. The van der Waals surface area contributed by atoms with Crippen molar-refractivity contribution in [2.24, 2.45) is 5.92 Å². The summed E-state index contributed by atoms with van der Waals surface area (Å²) < 4.78 is 38.9. The molecule has 0 saturated heterocycles. The van der Waals surface area contributed by atoms with Gasteiger partial charge in [0.1, 0.15) is 0 Å². The van der Waals surface area contributed by atoms with E-state index >= 15 is 0 Å². The summed E-state index contributed by atoms with van der Waals surface area (Å²) in [6.07, 6.45) is -0.919. The van der Waals surface area contributed by atoms with E-state index in [1.165, 1.54) is 22.7 Å². The second kappa shape index (κ2) is 12.2. The molecule has 11 nitrogen and oxygen atoms in total. The van der Waals surface area contributed by atoms with Crippen LogP contribution in [0.15, 0.2) is 86.8 Å². The van der Waals surface area contributed by atoms with Crippen LogP contribution in [-0.2, 0) is 16.4 Å². The molecule has 2 heterocycles. The lowest BCUT2D eigenvalue weighted by Gasteiger charge is -2.30. The summed E-state index contributed by atoms with van der Waals surface area (Å²) in [5.74, 6) is 0.830. The fraction of sp³-hybridized carbons (Fsp3) is 0.296. The molecule has 0 radical (unpaired) electrons. The number of nitrogens with zero attached hydrogens (tertiary/aromatic N) is 3. The van der Waals surface area contributed by atoms with E-state index in [2.05, 4.69) is 15.5 Å². The average molecular weight is 555 g/mol. The lowest BCUT2D eigenvalue weighted by Crippen LogP contribution is -2.50. The van der Waals surface area contributed by atoms with Crippen LogP contribution in [0.1, 0.15) is 19.4 Å². The molecule has 12 heteroatoms. The number of rotatable bonds is 12. The number of amides is 1. The number of aliphatic hydroxyl groups is 1. The van der Waals surface area contributed by atoms with Crippen LogP contribution >= 0.6 is 0 Å². The Hall–Kier alpha value is -4.00. The molecule has 3 N–H and O–H groups in total. The predicted octanol–water partition coefficient (Wildman–Crippen LogP) is 3.88. The minimum absolute atomic E-state index is 0.0136. The molecule has 0 aliphatic carbocycles. The van der Waals surface area contributed by atoms with Gasteiger partial charge in [0.2, 0.25) is 15.8 Å². The van der Waals surface area contributed by atoms with Crippen LogP contribution in [0, 0.1) is 5.92 Å². The number of benzene rings is 2. The Morgan fingerprint density at radius 2 is 1.74 bits per heavy atom. The van der Waals surface area contributed by atoms with Crippen molar-refractivity contribution in [2.45, 2.75) is 37.3 Å². The Morgan fingerprint density at radius 1 is 1.03 bits per heavy atom. The molecule has 2 aromatic heterocycles. The van der Waals surface area contributed by atoms with Crippen molar-refractivity contribution in [1.82, 2.24) is 19.8 Å². The van der Waals surface area contributed by atoms with Crippen LogP contribution in [0.4, 0.5) is 4.79 Å². The molecule has 206 valence electrons. The second-order valence-corrected chi connectivity index (χ2v) is 11.4. The Kier molecular flexibility index (Phi) is 8.79. The van der Waals surface area contributed by atoms with E-state index in [-0.39, 0.29) is 42.0 Å². The minimum Gasteiger partial charge on any atom is -0.465 e. The Balaban J connectivity index is 1.54. The lowest BCUT2D eigenvalue weighted by atomic mass is 10.0. The number of nitrogens with one attached hydrogen (secondary N) is 1. The molecule has 1 amide bonds. The normalized spacial score (nSPS) is 13.5. The third-order valence-electron chi connectivity index (χ3n) is 5.94. The highest BCUT2D eigenvalue weighted by Crippen LogP contribution is 2.25. The zero-order valence-corrected chi connectivity index (χ0v) is 22.3. The zero-order chi connectivity index (χ0) is 28.0. The maximum absolute atomic E-state index is 13.6. The fourth-order valence-electron chi connectivity index (χ4n) is 4.09. The Bertz CT molecular complexity index is 1450. The van der Waals surface area contributed by atoms with E-state index in [1.54, 1.807) is 24.3 Å². The highest BCUT2D eigenvalue weighted by molar-refractivity contribution is 7.89.